The molecule has 2 aromatic heterocycles. The Balaban J connectivity index is 0.000000174. The number of benzene rings is 6. The Kier molecular flexibility index (Phi) is 21.9. The quantitative estimate of drug-likeness (QED) is 0.0290. The predicted octanol–water partition coefficient (Wildman–Crippen LogP) is 11.7. The molecule has 2 N–H and O–H groups in total. The Morgan fingerprint density at radius 3 is 1.19 bits per heavy atom. The normalized spacial score (nSPS) is 16.8. The zero-order valence-corrected chi connectivity index (χ0v) is 56.0. The number of allylic oxidation sites excluding steroid dienone is 2. The van der Waals surface area contributed by atoms with Crippen molar-refractivity contribution in [2.75, 3.05) is 28.4 Å². The molecule has 0 bridgehead atoms. The van der Waals surface area contributed by atoms with E-state index in [4.69, 9.17) is 18.9 Å². The van der Waals surface area contributed by atoms with Crippen molar-refractivity contribution in [2.24, 2.45) is 0 Å². The van der Waals surface area contributed by atoms with E-state index in [1.807, 2.05) is 78.9 Å². The Hall–Kier alpha value is -9.30. The number of aryl methyl sites for hydroxylation is 4. The first-order chi connectivity index (χ1) is 46.1. The van der Waals surface area contributed by atoms with E-state index in [-0.39, 0.29) is 70.4 Å². The first-order valence-electron chi connectivity index (χ1n) is 31.7. The average Bonchev–Trinajstić information content (AvgIpc) is 1.57. The molecule has 96 heavy (non-hydrogen) atoms. The van der Waals surface area contributed by atoms with Crippen LogP contribution in [-0.2, 0) is 109 Å². The molecular formula is C72H80N8O14S2. The highest BCUT2D eigenvalue weighted by atomic mass is 32.2. The summed E-state index contributed by atoms with van der Waals surface area (Å²) in [6, 6.07) is 36.3. The molecule has 24 heteroatoms. The highest BCUT2D eigenvalue weighted by Crippen LogP contribution is 2.50. The summed E-state index contributed by atoms with van der Waals surface area (Å²) in [7, 11) is -1.49. The van der Waals surface area contributed by atoms with Gasteiger partial charge in [-0.2, -0.15) is 18.8 Å². The van der Waals surface area contributed by atoms with Crippen LogP contribution < -0.4 is 18.9 Å². The number of methoxy groups -OCH3 is 4. The zero-order valence-electron chi connectivity index (χ0n) is 54.3. The van der Waals surface area contributed by atoms with Gasteiger partial charge in [0, 0.05) is 49.7 Å². The highest BCUT2D eigenvalue weighted by Gasteiger charge is 2.46. The topological polar surface area (TPSA) is 274 Å². The van der Waals surface area contributed by atoms with Crippen molar-refractivity contribution in [2.45, 2.75) is 138 Å². The number of sulfonamides is 2. The summed E-state index contributed by atoms with van der Waals surface area (Å²) in [4.78, 5) is 23.0. The van der Waals surface area contributed by atoms with Gasteiger partial charge in [0.05, 0.1) is 62.5 Å². The number of hydrogen-bond acceptors (Lipinski definition) is 16. The molecule has 12 rings (SSSR count). The summed E-state index contributed by atoms with van der Waals surface area (Å²) >= 11 is 0. The largest absolute Gasteiger partial charge is 0.497 e. The van der Waals surface area contributed by atoms with E-state index < -0.39 is 31.2 Å². The Bertz CT molecular complexity index is 4280. The number of fused-ring (bicyclic) bond motifs is 4. The van der Waals surface area contributed by atoms with Crippen LogP contribution in [0.2, 0.25) is 0 Å². The summed E-state index contributed by atoms with van der Waals surface area (Å²) in [6.45, 7) is 8.68. The number of nitro benzene ring substituents is 2. The molecule has 0 spiro atoms. The standard InChI is InChI=1S/C35H38N4O7S.C22H25N3O4S.C15H17NO3/c1-45-29-12-8-25(9-13-29)23-38(24-26-10-14-30(46-2)15-11-26)47(43,44)32-17-21-37(36-32)20-4-3-18-35(40)19-16-28-22-27-6-5-7-31(27)34(33(28)35)39(41)42;1-4-14-24-15-13-22(23-24)30(26,27)25(16-18-5-9-20(28-2)10-6-18)17-19-7-11-21(29-3)12-8-19;1-2-7-15(17)8-6-11-9-10-4-3-5-12(10)14(13(11)15)16(18)19/h3-4,8-15,17,21-22,40H,5-7,16,18-20,23-24H2,1-2H3;4-13,15H,1,14,16-17H2,2-3H3;2,9,17H,1,3-8H2/b4-3+;;. The first kappa shape index (κ1) is 69.5. The van der Waals surface area contributed by atoms with Gasteiger partial charge in [-0.1, -0.05) is 85.0 Å². The van der Waals surface area contributed by atoms with E-state index >= 15 is 0 Å². The summed E-state index contributed by atoms with van der Waals surface area (Å²) < 4.78 is 81.3. The van der Waals surface area contributed by atoms with Gasteiger partial charge in [0.25, 0.3) is 31.4 Å². The fourth-order valence-corrected chi connectivity index (χ4v) is 15.9. The summed E-state index contributed by atoms with van der Waals surface area (Å²) in [6.07, 6.45) is 18.0. The van der Waals surface area contributed by atoms with Crippen molar-refractivity contribution in [1.82, 2.24) is 28.2 Å². The molecule has 2 atom stereocenters. The second-order valence-electron chi connectivity index (χ2n) is 24.2. The van der Waals surface area contributed by atoms with Crippen molar-refractivity contribution in [3.8, 4) is 23.0 Å². The molecule has 22 nitrogen and oxygen atoms in total. The fourth-order valence-electron chi connectivity index (χ4n) is 13.2. The number of hydrogen-bond donors (Lipinski definition) is 2. The lowest BCUT2D eigenvalue weighted by atomic mass is 9.88. The van der Waals surface area contributed by atoms with Gasteiger partial charge in [-0.05, 0) is 182 Å². The minimum Gasteiger partial charge on any atom is -0.497 e. The lowest BCUT2D eigenvalue weighted by Crippen LogP contribution is -2.30. The van der Waals surface area contributed by atoms with Crippen LogP contribution in [0, 0.1) is 20.2 Å². The minimum absolute atomic E-state index is 0.00590. The SMILES string of the molecule is C=CCC1(O)CCc2cc3c(c([N+](=O)[O-])c21)CCC3.C=CCn1ccc(S(=O)(=O)N(Cc2ccc(OC)cc2)Cc2ccc(OC)cc2)n1.COc1ccc(CN(Cc2ccc(OC)cc2)S(=O)(=O)c2ccn(C/C=C/CC3(O)CCc4cc5c(c([N+](=O)[O-])c43)CCC5)n2)cc1. The van der Waals surface area contributed by atoms with Crippen LogP contribution in [0.1, 0.15) is 105 Å². The summed E-state index contributed by atoms with van der Waals surface area (Å²) in [5.41, 5.74) is 7.67. The molecule has 2 unspecified atom stereocenters. The summed E-state index contributed by atoms with van der Waals surface area (Å²) in [5.74, 6) is 2.78. The second-order valence-corrected chi connectivity index (χ2v) is 28.0. The van der Waals surface area contributed by atoms with Crippen LogP contribution in [0.25, 0.3) is 0 Å². The number of nitrogens with zero attached hydrogens (tertiary/aromatic N) is 8. The molecule has 0 aliphatic heterocycles. The monoisotopic (exact) mass is 1340 g/mol. The molecule has 0 amide bonds. The molecular weight excluding hydrogens is 1260 g/mol. The van der Waals surface area contributed by atoms with E-state index in [2.05, 4.69) is 29.4 Å². The highest BCUT2D eigenvalue weighted by molar-refractivity contribution is 7.89. The van der Waals surface area contributed by atoms with E-state index in [0.29, 0.717) is 79.2 Å². The third-order valence-corrected chi connectivity index (χ3v) is 21.4. The molecule has 4 aliphatic rings. The maximum Gasteiger partial charge on any atom is 0.279 e. The molecule has 504 valence electrons. The van der Waals surface area contributed by atoms with Crippen LogP contribution in [0.3, 0.4) is 0 Å². The molecule has 0 radical (unpaired) electrons. The number of aliphatic hydroxyl groups is 2. The zero-order chi connectivity index (χ0) is 68.4. The Labute approximate surface area is 559 Å². The lowest BCUT2D eigenvalue weighted by Gasteiger charge is -2.23. The van der Waals surface area contributed by atoms with Gasteiger partial charge in [-0.15, -0.1) is 13.2 Å². The van der Waals surface area contributed by atoms with Crippen molar-refractivity contribution in [3.63, 3.8) is 0 Å². The van der Waals surface area contributed by atoms with Crippen molar-refractivity contribution in [3.05, 3.63) is 258 Å². The van der Waals surface area contributed by atoms with Gasteiger partial charge >= 0.3 is 0 Å². The van der Waals surface area contributed by atoms with Gasteiger partial charge in [0.15, 0.2) is 10.1 Å². The smallest absolute Gasteiger partial charge is 0.279 e. The number of rotatable bonds is 26. The maximum absolute atomic E-state index is 13.9. The first-order valence-corrected chi connectivity index (χ1v) is 34.6. The molecule has 6 aromatic carbocycles. The Morgan fingerprint density at radius 2 is 0.854 bits per heavy atom. The molecule has 4 aliphatic carbocycles. The fraction of sp³-hybridized carbons (Fsp3) is 0.333. The van der Waals surface area contributed by atoms with Crippen LogP contribution in [0.5, 0.6) is 23.0 Å². The molecule has 0 saturated carbocycles. The lowest BCUT2D eigenvalue weighted by molar-refractivity contribution is -0.387. The van der Waals surface area contributed by atoms with E-state index in [0.717, 1.165) is 87.7 Å². The third kappa shape index (κ3) is 15.5. The van der Waals surface area contributed by atoms with Crippen molar-refractivity contribution < 1.29 is 55.8 Å². The van der Waals surface area contributed by atoms with E-state index in [9.17, 15) is 47.3 Å². The molecule has 0 fully saturated rings. The van der Waals surface area contributed by atoms with E-state index in [1.54, 1.807) is 94.1 Å². The minimum atomic E-state index is -4.00. The maximum atomic E-state index is 13.9. The average molecular weight is 1350 g/mol. The summed E-state index contributed by atoms with van der Waals surface area (Å²) in [5, 5.41) is 54.4. The van der Waals surface area contributed by atoms with Crippen LogP contribution in [0.4, 0.5) is 11.4 Å². The number of ether oxygens (including phenoxy) is 4. The van der Waals surface area contributed by atoms with Gasteiger partial charge in [0.1, 0.15) is 34.2 Å². The predicted molar refractivity (Wildman–Crippen MR) is 363 cm³/mol. The van der Waals surface area contributed by atoms with Crippen molar-refractivity contribution >= 4 is 31.4 Å². The van der Waals surface area contributed by atoms with Gasteiger partial charge in [-0.25, -0.2) is 16.8 Å². The van der Waals surface area contributed by atoms with Gasteiger partial charge < -0.3 is 29.2 Å². The molecule has 0 saturated heterocycles. The molecule has 2 heterocycles. The van der Waals surface area contributed by atoms with Gasteiger partial charge in [-0.3, -0.25) is 29.6 Å². The Morgan fingerprint density at radius 1 is 0.500 bits per heavy atom. The van der Waals surface area contributed by atoms with Crippen LogP contribution >= 0.6 is 0 Å². The van der Waals surface area contributed by atoms with Crippen molar-refractivity contribution in [1.29, 1.82) is 0 Å². The van der Waals surface area contributed by atoms with Gasteiger partial charge in [0.2, 0.25) is 0 Å². The third-order valence-electron chi connectivity index (χ3n) is 18.0. The van der Waals surface area contributed by atoms with Crippen LogP contribution in [0.15, 0.2) is 181 Å². The number of aromatic nitrogens is 4. The van der Waals surface area contributed by atoms with Crippen LogP contribution in [-0.4, -0.2) is 93.5 Å². The number of nitro groups is 2. The molecule has 8 aromatic rings. The van der Waals surface area contributed by atoms with E-state index in [1.165, 1.54) is 25.4 Å². The second kappa shape index (κ2) is 30.2.